The molecule has 2 aromatic carbocycles. The van der Waals surface area contributed by atoms with Gasteiger partial charge >= 0.3 is 0 Å². The summed E-state index contributed by atoms with van der Waals surface area (Å²) in [5, 5.41) is 2.58. The number of carbonyl (C=O) groups excluding carboxylic acids is 1. The van der Waals surface area contributed by atoms with Crippen molar-refractivity contribution in [2.75, 3.05) is 12.4 Å². The summed E-state index contributed by atoms with van der Waals surface area (Å²) in [5.74, 6) is -0.983. The molecular formula is C20H19FN4O4S. The molecule has 0 saturated heterocycles. The van der Waals surface area contributed by atoms with Gasteiger partial charge < -0.3 is 14.6 Å². The van der Waals surface area contributed by atoms with Crippen LogP contribution in [0, 0.1) is 5.82 Å². The normalized spacial score (nSPS) is 13.8. The molecule has 1 heterocycles. The second-order valence-electron chi connectivity index (χ2n) is 6.85. The van der Waals surface area contributed by atoms with Gasteiger partial charge in [0.2, 0.25) is 10.0 Å². The van der Waals surface area contributed by atoms with E-state index in [1.54, 1.807) is 12.3 Å². The zero-order valence-electron chi connectivity index (χ0n) is 16.0. The molecule has 2 N–H and O–H groups in total. The van der Waals surface area contributed by atoms with E-state index >= 15 is 0 Å². The molecule has 156 valence electrons. The Hall–Kier alpha value is -3.24. The molecule has 0 radical (unpaired) electrons. The highest BCUT2D eigenvalue weighted by Crippen LogP contribution is 2.28. The fraction of sp³-hybridized carbons (Fsp3) is 0.200. The number of hydrogen-bond donors (Lipinski definition) is 2. The third-order valence-corrected chi connectivity index (χ3v) is 6.14. The topological polar surface area (TPSA) is 102 Å². The molecule has 0 bridgehead atoms. The SMILES string of the molecule is COc1ccc(C(=O)Nc2ccc(-n3ccnc3)c(F)c2)cc1S(=O)(=O)NC1CC1. The molecule has 3 aromatic rings. The average molecular weight is 430 g/mol. The minimum absolute atomic E-state index is 0.0887. The van der Waals surface area contributed by atoms with Crippen LogP contribution in [0.5, 0.6) is 5.75 Å². The van der Waals surface area contributed by atoms with Crippen molar-refractivity contribution in [1.29, 1.82) is 0 Å². The van der Waals surface area contributed by atoms with E-state index in [1.807, 2.05) is 0 Å². The average Bonchev–Trinajstić information content (AvgIpc) is 3.35. The lowest BCUT2D eigenvalue weighted by atomic mass is 10.2. The summed E-state index contributed by atoms with van der Waals surface area (Å²) in [6, 6.07) is 8.26. The van der Waals surface area contributed by atoms with E-state index in [0.29, 0.717) is 0 Å². The van der Waals surface area contributed by atoms with Gasteiger partial charge in [-0.05, 0) is 49.2 Å². The van der Waals surface area contributed by atoms with Crippen LogP contribution in [0.2, 0.25) is 0 Å². The Labute approximate surface area is 172 Å². The summed E-state index contributed by atoms with van der Waals surface area (Å²) >= 11 is 0. The minimum atomic E-state index is -3.83. The van der Waals surface area contributed by atoms with Crippen LogP contribution in [0.3, 0.4) is 0 Å². The summed E-state index contributed by atoms with van der Waals surface area (Å²) < 4.78 is 48.8. The number of nitrogens with zero attached hydrogens (tertiary/aromatic N) is 2. The van der Waals surface area contributed by atoms with E-state index in [0.717, 1.165) is 12.8 Å². The van der Waals surface area contributed by atoms with Gasteiger partial charge in [0.15, 0.2) is 0 Å². The number of imidazole rings is 1. The van der Waals surface area contributed by atoms with Crippen molar-refractivity contribution >= 4 is 21.6 Å². The standard InChI is InChI=1S/C20H19FN4O4S/c1-29-18-7-2-13(10-19(18)30(27,28)24-14-3-4-14)20(26)23-15-5-6-17(16(21)11-15)25-9-8-22-12-25/h2,5-12,14,24H,3-4H2,1H3,(H,23,26). The van der Waals surface area contributed by atoms with Crippen LogP contribution in [0.15, 0.2) is 60.0 Å². The number of hydrogen-bond acceptors (Lipinski definition) is 5. The Morgan fingerprint density at radius 1 is 1.23 bits per heavy atom. The van der Waals surface area contributed by atoms with Crippen LogP contribution in [0.1, 0.15) is 23.2 Å². The van der Waals surface area contributed by atoms with E-state index < -0.39 is 21.7 Å². The largest absolute Gasteiger partial charge is 0.495 e. The van der Waals surface area contributed by atoms with Crippen LogP contribution in [-0.4, -0.2) is 37.0 Å². The Kier molecular flexibility index (Phi) is 5.27. The zero-order chi connectivity index (χ0) is 21.3. The first-order valence-electron chi connectivity index (χ1n) is 9.17. The number of aromatic nitrogens is 2. The maximum atomic E-state index is 14.4. The van der Waals surface area contributed by atoms with Crippen LogP contribution >= 0.6 is 0 Å². The molecule has 1 fully saturated rings. The monoisotopic (exact) mass is 430 g/mol. The quantitative estimate of drug-likeness (QED) is 0.600. The maximum Gasteiger partial charge on any atom is 0.255 e. The summed E-state index contributed by atoms with van der Waals surface area (Å²) in [7, 11) is -2.47. The fourth-order valence-electron chi connectivity index (χ4n) is 2.91. The van der Waals surface area contributed by atoms with Crippen molar-refractivity contribution in [1.82, 2.24) is 14.3 Å². The minimum Gasteiger partial charge on any atom is -0.495 e. The second kappa shape index (κ2) is 7.88. The molecular weight excluding hydrogens is 411 g/mol. The van der Waals surface area contributed by atoms with E-state index in [4.69, 9.17) is 4.74 Å². The molecule has 4 rings (SSSR count). The highest BCUT2D eigenvalue weighted by molar-refractivity contribution is 7.89. The summed E-state index contributed by atoms with van der Waals surface area (Å²) in [6.07, 6.45) is 6.16. The van der Waals surface area contributed by atoms with E-state index in [1.165, 1.54) is 54.5 Å². The Morgan fingerprint density at radius 2 is 2.03 bits per heavy atom. The molecule has 0 spiro atoms. The highest BCUT2D eigenvalue weighted by Gasteiger charge is 2.30. The molecule has 1 aliphatic carbocycles. The van der Waals surface area contributed by atoms with Gasteiger partial charge in [-0.2, -0.15) is 0 Å². The number of anilines is 1. The number of halogens is 1. The molecule has 8 nitrogen and oxygen atoms in total. The molecule has 0 unspecified atom stereocenters. The van der Waals surface area contributed by atoms with E-state index in [9.17, 15) is 17.6 Å². The number of rotatable bonds is 7. The van der Waals surface area contributed by atoms with Crippen molar-refractivity contribution < 1.29 is 22.3 Å². The zero-order valence-corrected chi connectivity index (χ0v) is 16.8. The van der Waals surface area contributed by atoms with Gasteiger partial charge in [0.1, 0.15) is 16.5 Å². The molecule has 1 aromatic heterocycles. The first kappa shape index (κ1) is 20.0. The maximum absolute atomic E-state index is 14.4. The van der Waals surface area contributed by atoms with Gasteiger partial charge in [-0.1, -0.05) is 0 Å². The fourth-order valence-corrected chi connectivity index (χ4v) is 4.41. The van der Waals surface area contributed by atoms with Gasteiger partial charge in [-0.25, -0.2) is 22.5 Å². The number of ether oxygens (including phenoxy) is 1. The summed E-state index contributed by atoms with van der Waals surface area (Å²) in [6.45, 7) is 0. The Morgan fingerprint density at radius 3 is 2.67 bits per heavy atom. The molecule has 0 atom stereocenters. The number of methoxy groups -OCH3 is 1. The van der Waals surface area contributed by atoms with Gasteiger partial charge in [0.25, 0.3) is 5.91 Å². The number of sulfonamides is 1. The third kappa shape index (κ3) is 4.19. The summed E-state index contributed by atoms with van der Waals surface area (Å²) in [4.78, 5) is 16.4. The first-order chi connectivity index (χ1) is 14.4. The lowest BCUT2D eigenvalue weighted by Crippen LogP contribution is -2.26. The summed E-state index contributed by atoms with van der Waals surface area (Å²) in [5.41, 5.74) is 0.623. The lowest BCUT2D eigenvalue weighted by Gasteiger charge is -2.13. The molecule has 1 amide bonds. The predicted molar refractivity (Wildman–Crippen MR) is 108 cm³/mol. The van der Waals surface area contributed by atoms with Crippen LogP contribution < -0.4 is 14.8 Å². The smallest absolute Gasteiger partial charge is 0.255 e. The van der Waals surface area contributed by atoms with Crippen molar-refractivity contribution in [3.63, 3.8) is 0 Å². The van der Waals surface area contributed by atoms with Crippen molar-refractivity contribution in [2.45, 2.75) is 23.8 Å². The van der Waals surface area contributed by atoms with Crippen LogP contribution in [0.25, 0.3) is 5.69 Å². The van der Waals surface area contributed by atoms with E-state index in [-0.39, 0.29) is 33.6 Å². The van der Waals surface area contributed by atoms with Crippen molar-refractivity contribution in [3.8, 4) is 11.4 Å². The van der Waals surface area contributed by atoms with Gasteiger partial charge in [0, 0.05) is 29.7 Å². The second-order valence-corrected chi connectivity index (χ2v) is 8.53. The van der Waals surface area contributed by atoms with Crippen LogP contribution in [-0.2, 0) is 10.0 Å². The van der Waals surface area contributed by atoms with Gasteiger partial charge in [-0.15, -0.1) is 0 Å². The first-order valence-corrected chi connectivity index (χ1v) is 10.7. The van der Waals surface area contributed by atoms with Crippen molar-refractivity contribution in [2.24, 2.45) is 0 Å². The number of benzene rings is 2. The molecule has 1 saturated carbocycles. The predicted octanol–water partition coefficient (Wildman–Crippen LogP) is 2.71. The van der Waals surface area contributed by atoms with Crippen LogP contribution in [0.4, 0.5) is 10.1 Å². The number of nitrogens with one attached hydrogen (secondary N) is 2. The molecule has 1 aliphatic rings. The van der Waals surface area contributed by atoms with E-state index in [2.05, 4.69) is 15.0 Å². The van der Waals surface area contributed by atoms with Gasteiger partial charge in [0.05, 0.1) is 19.1 Å². The highest BCUT2D eigenvalue weighted by atomic mass is 32.2. The number of carbonyl (C=O) groups is 1. The Bertz CT molecular complexity index is 1190. The van der Waals surface area contributed by atoms with Crippen molar-refractivity contribution in [3.05, 3.63) is 66.5 Å². The lowest BCUT2D eigenvalue weighted by molar-refractivity contribution is 0.102. The molecule has 0 aliphatic heterocycles. The molecule has 10 heteroatoms. The third-order valence-electron chi connectivity index (χ3n) is 4.60. The van der Waals surface area contributed by atoms with Gasteiger partial charge in [-0.3, -0.25) is 4.79 Å². The number of amides is 1. The molecule has 30 heavy (non-hydrogen) atoms. The Balaban J connectivity index is 1.57.